The third-order valence-electron chi connectivity index (χ3n) is 6.74. The second-order valence-electron chi connectivity index (χ2n) is 9.03. The number of fused-ring (bicyclic) bond motifs is 4. The number of rotatable bonds is 6. The highest BCUT2D eigenvalue weighted by Gasteiger charge is 2.35. The van der Waals surface area contributed by atoms with Gasteiger partial charge in [-0.25, -0.2) is 0 Å². The van der Waals surface area contributed by atoms with Gasteiger partial charge in [0.2, 0.25) is 11.2 Å². The van der Waals surface area contributed by atoms with Crippen molar-refractivity contribution in [3.05, 3.63) is 84.4 Å². The van der Waals surface area contributed by atoms with E-state index in [2.05, 4.69) is 4.90 Å². The topological polar surface area (TPSA) is 102 Å². The summed E-state index contributed by atoms with van der Waals surface area (Å²) < 4.78 is 12.8. The van der Waals surface area contributed by atoms with Crippen LogP contribution in [0.1, 0.15) is 46.8 Å². The molecular formula is C25H26N2O6S. The quantitative estimate of drug-likeness (QED) is 0.539. The van der Waals surface area contributed by atoms with Crippen molar-refractivity contribution in [1.82, 2.24) is 9.47 Å². The number of aromatic nitrogens is 1. The standard InChI is InChI=1S/C25H26N2O6S/c1-32-23(30)10-18(21-5-3-7-34-21)25-24(31)20(28)9-17(33-25)14-26-11-15-8-16(13-26)19-4-2-6-22(29)27(19)12-15/h2-7,9,15-16,18,31H,8,10-14H2,1H3. The summed E-state index contributed by atoms with van der Waals surface area (Å²) in [5.41, 5.74) is 0.564. The SMILES string of the molecule is COC(=O)CC(c1cccs1)c1oc(CN2CC3CC(C2)c2cccc(=O)n2C3)cc(=O)c1O. The van der Waals surface area contributed by atoms with Gasteiger partial charge in [0.05, 0.1) is 26.0 Å². The maximum absolute atomic E-state index is 12.6. The van der Waals surface area contributed by atoms with Crippen molar-refractivity contribution in [2.75, 3.05) is 20.2 Å². The molecule has 3 aromatic heterocycles. The normalized spacial score (nSPS) is 20.5. The summed E-state index contributed by atoms with van der Waals surface area (Å²) in [6, 6.07) is 10.4. The van der Waals surface area contributed by atoms with Crippen molar-refractivity contribution in [3.63, 3.8) is 0 Å². The molecule has 5 rings (SSSR count). The first-order chi connectivity index (χ1) is 16.4. The molecule has 0 aromatic carbocycles. The van der Waals surface area contributed by atoms with E-state index in [0.29, 0.717) is 24.8 Å². The molecule has 2 bridgehead atoms. The Bertz CT molecular complexity index is 1310. The van der Waals surface area contributed by atoms with Gasteiger partial charge in [-0.15, -0.1) is 11.3 Å². The van der Waals surface area contributed by atoms with Crippen molar-refractivity contribution in [2.45, 2.75) is 37.8 Å². The summed E-state index contributed by atoms with van der Waals surface area (Å²) in [7, 11) is 1.31. The maximum atomic E-state index is 12.6. The molecule has 2 aliphatic heterocycles. The highest BCUT2D eigenvalue weighted by molar-refractivity contribution is 7.10. The van der Waals surface area contributed by atoms with E-state index in [0.717, 1.165) is 30.1 Å². The second kappa shape index (κ2) is 9.23. The lowest BCUT2D eigenvalue weighted by Gasteiger charge is -2.42. The largest absolute Gasteiger partial charge is 0.502 e. The van der Waals surface area contributed by atoms with Crippen molar-refractivity contribution >= 4 is 17.3 Å². The number of piperidine rings is 1. The number of ether oxygens (including phenoxy) is 1. The van der Waals surface area contributed by atoms with Gasteiger partial charge in [0.1, 0.15) is 5.76 Å². The lowest BCUT2D eigenvalue weighted by Crippen LogP contribution is -2.46. The van der Waals surface area contributed by atoms with Gasteiger partial charge in [0, 0.05) is 48.3 Å². The number of carbonyl (C=O) groups is 1. The zero-order valence-electron chi connectivity index (χ0n) is 18.8. The van der Waals surface area contributed by atoms with Gasteiger partial charge in [0.25, 0.3) is 5.56 Å². The van der Waals surface area contributed by atoms with Crippen LogP contribution in [0.3, 0.4) is 0 Å². The minimum absolute atomic E-state index is 0.0417. The van der Waals surface area contributed by atoms with E-state index in [1.54, 1.807) is 6.07 Å². The van der Waals surface area contributed by atoms with E-state index >= 15 is 0 Å². The summed E-state index contributed by atoms with van der Waals surface area (Å²) in [4.78, 5) is 40.0. The number of esters is 1. The van der Waals surface area contributed by atoms with Gasteiger partial charge in [0.15, 0.2) is 5.76 Å². The Morgan fingerprint density at radius 1 is 1.24 bits per heavy atom. The molecule has 34 heavy (non-hydrogen) atoms. The molecule has 9 heteroatoms. The molecule has 8 nitrogen and oxygen atoms in total. The number of hydrogen-bond acceptors (Lipinski definition) is 8. The molecule has 3 aromatic rings. The molecule has 1 fully saturated rings. The first-order valence-electron chi connectivity index (χ1n) is 11.3. The lowest BCUT2D eigenvalue weighted by molar-refractivity contribution is -0.140. The van der Waals surface area contributed by atoms with E-state index in [1.165, 1.54) is 24.5 Å². The van der Waals surface area contributed by atoms with Crippen molar-refractivity contribution < 1.29 is 19.1 Å². The maximum Gasteiger partial charge on any atom is 0.306 e. The Balaban J connectivity index is 1.43. The lowest BCUT2D eigenvalue weighted by atomic mass is 9.83. The van der Waals surface area contributed by atoms with Crippen molar-refractivity contribution in [3.8, 4) is 5.75 Å². The minimum Gasteiger partial charge on any atom is -0.502 e. The highest BCUT2D eigenvalue weighted by Crippen LogP contribution is 2.37. The molecule has 2 aliphatic rings. The summed E-state index contributed by atoms with van der Waals surface area (Å²) in [6.45, 7) is 2.62. The number of likely N-dealkylation sites (tertiary alicyclic amines) is 1. The van der Waals surface area contributed by atoms with Crippen LogP contribution in [0.25, 0.3) is 0 Å². The summed E-state index contributed by atoms with van der Waals surface area (Å²) >= 11 is 1.42. The molecule has 3 unspecified atom stereocenters. The molecule has 0 amide bonds. The molecule has 0 aliphatic carbocycles. The number of aromatic hydroxyl groups is 1. The van der Waals surface area contributed by atoms with Crippen LogP contribution >= 0.6 is 11.3 Å². The van der Waals surface area contributed by atoms with E-state index in [4.69, 9.17) is 9.15 Å². The van der Waals surface area contributed by atoms with Gasteiger partial charge in [-0.3, -0.25) is 19.3 Å². The van der Waals surface area contributed by atoms with Crippen LogP contribution in [0.5, 0.6) is 5.75 Å². The predicted octanol–water partition coefficient (Wildman–Crippen LogP) is 2.88. The van der Waals surface area contributed by atoms with Crippen LogP contribution in [0.4, 0.5) is 0 Å². The van der Waals surface area contributed by atoms with Gasteiger partial charge in [-0.2, -0.15) is 0 Å². The second-order valence-corrected chi connectivity index (χ2v) is 10.0. The highest BCUT2D eigenvalue weighted by atomic mass is 32.1. The van der Waals surface area contributed by atoms with Gasteiger partial charge >= 0.3 is 5.97 Å². The van der Waals surface area contributed by atoms with Crippen LogP contribution in [0.15, 0.2) is 55.8 Å². The molecule has 5 heterocycles. The van der Waals surface area contributed by atoms with Gasteiger partial charge in [-0.1, -0.05) is 12.1 Å². The molecule has 0 radical (unpaired) electrons. The fraction of sp³-hybridized carbons (Fsp3) is 0.400. The van der Waals surface area contributed by atoms with Gasteiger partial charge in [-0.05, 0) is 29.9 Å². The van der Waals surface area contributed by atoms with E-state index in [1.807, 2.05) is 34.2 Å². The molecule has 178 valence electrons. The van der Waals surface area contributed by atoms with Crippen LogP contribution in [0.2, 0.25) is 0 Å². The first-order valence-corrected chi connectivity index (χ1v) is 12.2. The molecule has 1 saturated heterocycles. The summed E-state index contributed by atoms with van der Waals surface area (Å²) in [6.07, 6.45) is 0.987. The molecule has 0 spiro atoms. The average molecular weight is 483 g/mol. The average Bonchev–Trinajstić information content (AvgIpc) is 3.35. The Hall–Kier alpha value is -3.17. The first kappa shape index (κ1) is 22.6. The van der Waals surface area contributed by atoms with E-state index < -0.39 is 23.1 Å². The monoisotopic (exact) mass is 482 g/mol. The fourth-order valence-electron chi connectivity index (χ4n) is 5.28. The molecular weight excluding hydrogens is 456 g/mol. The number of pyridine rings is 1. The number of thiophene rings is 1. The fourth-order valence-corrected chi connectivity index (χ4v) is 6.10. The Morgan fingerprint density at radius 2 is 2.09 bits per heavy atom. The van der Waals surface area contributed by atoms with E-state index in [-0.39, 0.29) is 23.7 Å². The molecule has 3 atom stereocenters. The van der Waals surface area contributed by atoms with Crippen LogP contribution in [0, 0.1) is 5.92 Å². The van der Waals surface area contributed by atoms with Crippen LogP contribution in [-0.4, -0.2) is 40.7 Å². The molecule has 0 saturated carbocycles. The number of methoxy groups -OCH3 is 1. The Morgan fingerprint density at radius 3 is 2.85 bits per heavy atom. The summed E-state index contributed by atoms with van der Waals surface area (Å²) in [5.74, 6) is -0.437. The third kappa shape index (κ3) is 4.33. The zero-order chi connectivity index (χ0) is 23.8. The third-order valence-corrected chi connectivity index (χ3v) is 7.72. The van der Waals surface area contributed by atoms with Crippen LogP contribution < -0.4 is 11.0 Å². The van der Waals surface area contributed by atoms with Gasteiger partial charge < -0.3 is 18.8 Å². The van der Waals surface area contributed by atoms with E-state index in [9.17, 15) is 19.5 Å². The van der Waals surface area contributed by atoms with Crippen molar-refractivity contribution in [1.29, 1.82) is 0 Å². The summed E-state index contributed by atoms with van der Waals surface area (Å²) in [5, 5.41) is 12.4. The Labute approximate surface area is 200 Å². The smallest absolute Gasteiger partial charge is 0.306 e. The number of nitrogens with zero attached hydrogens (tertiary/aromatic N) is 2. The number of carbonyl (C=O) groups excluding carboxylic acids is 1. The van der Waals surface area contributed by atoms with Crippen molar-refractivity contribution in [2.24, 2.45) is 5.92 Å². The number of hydrogen-bond donors (Lipinski definition) is 1. The van der Waals surface area contributed by atoms with Crippen LogP contribution in [-0.2, 0) is 22.6 Å². The minimum atomic E-state index is -0.611. The predicted molar refractivity (Wildman–Crippen MR) is 126 cm³/mol. The Kier molecular flexibility index (Phi) is 6.14. The zero-order valence-corrected chi connectivity index (χ0v) is 19.6. The molecule has 1 N–H and O–H groups in total.